The SMILES string of the molecule is CC1(C)CCC(CBr)C(c2ccc(Cl)cc2)C1. The minimum atomic E-state index is 0.475. The lowest BCUT2D eigenvalue weighted by Crippen LogP contribution is -2.29. The fourth-order valence-electron chi connectivity index (χ4n) is 2.93. The highest BCUT2D eigenvalue weighted by Crippen LogP contribution is 2.47. The normalized spacial score (nSPS) is 28.0. The van der Waals surface area contributed by atoms with Gasteiger partial charge in [0.05, 0.1) is 0 Å². The number of rotatable bonds is 2. The Labute approximate surface area is 118 Å². The van der Waals surface area contributed by atoms with E-state index in [1.165, 1.54) is 24.8 Å². The van der Waals surface area contributed by atoms with E-state index in [4.69, 9.17) is 11.6 Å². The number of alkyl halides is 1. The molecule has 0 heterocycles. The number of halogens is 2. The molecule has 1 aromatic carbocycles. The van der Waals surface area contributed by atoms with E-state index >= 15 is 0 Å². The van der Waals surface area contributed by atoms with Gasteiger partial charge in [-0.15, -0.1) is 0 Å². The first-order chi connectivity index (χ1) is 8.02. The van der Waals surface area contributed by atoms with Gasteiger partial charge in [0.1, 0.15) is 0 Å². The van der Waals surface area contributed by atoms with Gasteiger partial charge in [0.25, 0.3) is 0 Å². The second kappa shape index (κ2) is 5.32. The van der Waals surface area contributed by atoms with Crippen LogP contribution in [0.25, 0.3) is 0 Å². The van der Waals surface area contributed by atoms with Crippen LogP contribution in [0.3, 0.4) is 0 Å². The van der Waals surface area contributed by atoms with Crippen LogP contribution in [0.2, 0.25) is 5.02 Å². The number of benzene rings is 1. The smallest absolute Gasteiger partial charge is 0.0406 e. The third kappa shape index (κ3) is 3.26. The van der Waals surface area contributed by atoms with Crippen molar-refractivity contribution in [2.75, 3.05) is 5.33 Å². The van der Waals surface area contributed by atoms with Gasteiger partial charge in [-0.3, -0.25) is 0 Å². The van der Waals surface area contributed by atoms with E-state index in [2.05, 4.69) is 41.9 Å². The Hall–Kier alpha value is -0.0100. The van der Waals surface area contributed by atoms with Gasteiger partial charge in [0.2, 0.25) is 0 Å². The molecular formula is C15H20BrCl. The Kier molecular flexibility index (Phi) is 4.20. The predicted molar refractivity (Wildman–Crippen MR) is 79.1 cm³/mol. The maximum absolute atomic E-state index is 5.97. The molecule has 1 aliphatic rings. The van der Waals surface area contributed by atoms with Crippen molar-refractivity contribution in [1.82, 2.24) is 0 Å². The Morgan fingerprint density at radius 3 is 2.53 bits per heavy atom. The van der Waals surface area contributed by atoms with Gasteiger partial charge < -0.3 is 0 Å². The van der Waals surface area contributed by atoms with Crippen LogP contribution in [0.4, 0.5) is 0 Å². The van der Waals surface area contributed by atoms with Crippen LogP contribution < -0.4 is 0 Å². The van der Waals surface area contributed by atoms with E-state index in [9.17, 15) is 0 Å². The molecule has 0 nitrogen and oxygen atoms in total. The lowest BCUT2D eigenvalue weighted by Gasteiger charge is -2.40. The highest BCUT2D eigenvalue weighted by molar-refractivity contribution is 9.09. The first-order valence-corrected chi connectivity index (χ1v) is 7.83. The van der Waals surface area contributed by atoms with Crippen LogP contribution >= 0.6 is 27.5 Å². The summed E-state index contributed by atoms with van der Waals surface area (Å²) in [6, 6.07) is 8.43. The average molecular weight is 316 g/mol. The highest BCUT2D eigenvalue weighted by Gasteiger charge is 2.34. The Morgan fingerprint density at radius 1 is 1.29 bits per heavy atom. The van der Waals surface area contributed by atoms with Crippen molar-refractivity contribution in [2.24, 2.45) is 11.3 Å². The van der Waals surface area contributed by atoms with Crippen molar-refractivity contribution in [3.05, 3.63) is 34.9 Å². The maximum atomic E-state index is 5.97. The fraction of sp³-hybridized carbons (Fsp3) is 0.600. The summed E-state index contributed by atoms with van der Waals surface area (Å²) in [5.74, 6) is 1.44. The Balaban J connectivity index is 2.23. The predicted octanol–water partition coefficient (Wildman–Crippen LogP) is 5.64. The molecule has 0 saturated heterocycles. The average Bonchev–Trinajstić information content (AvgIpc) is 2.29. The minimum absolute atomic E-state index is 0.475. The lowest BCUT2D eigenvalue weighted by molar-refractivity contribution is 0.174. The van der Waals surface area contributed by atoms with Crippen molar-refractivity contribution in [3.8, 4) is 0 Å². The van der Waals surface area contributed by atoms with E-state index in [0.717, 1.165) is 16.3 Å². The largest absolute Gasteiger partial charge is 0.0925 e. The summed E-state index contributed by atoms with van der Waals surface area (Å²) in [5, 5.41) is 1.94. The highest BCUT2D eigenvalue weighted by atomic mass is 79.9. The molecule has 94 valence electrons. The molecule has 0 aromatic heterocycles. The van der Waals surface area contributed by atoms with Crippen LogP contribution in [0.1, 0.15) is 44.6 Å². The van der Waals surface area contributed by atoms with E-state index in [1.54, 1.807) is 0 Å². The first-order valence-electron chi connectivity index (χ1n) is 6.33. The summed E-state index contributed by atoms with van der Waals surface area (Å²) >= 11 is 9.64. The zero-order chi connectivity index (χ0) is 12.5. The van der Waals surface area contributed by atoms with E-state index in [1.807, 2.05) is 12.1 Å². The number of hydrogen-bond donors (Lipinski definition) is 0. The molecule has 0 bridgehead atoms. The molecule has 2 unspecified atom stereocenters. The van der Waals surface area contributed by atoms with E-state index < -0.39 is 0 Å². The molecule has 0 spiro atoms. The van der Waals surface area contributed by atoms with Crippen LogP contribution in [0.5, 0.6) is 0 Å². The van der Waals surface area contributed by atoms with Gasteiger partial charge in [-0.2, -0.15) is 0 Å². The second-order valence-corrected chi connectivity index (χ2v) is 7.06. The van der Waals surface area contributed by atoms with E-state index in [-0.39, 0.29) is 0 Å². The van der Waals surface area contributed by atoms with Crippen molar-refractivity contribution >= 4 is 27.5 Å². The first kappa shape index (κ1) is 13.4. The maximum Gasteiger partial charge on any atom is 0.0406 e. The molecule has 0 aliphatic heterocycles. The molecule has 1 aromatic rings. The van der Waals surface area contributed by atoms with Crippen molar-refractivity contribution in [2.45, 2.75) is 39.0 Å². The minimum Gasteiger partial charge on any atom is -0.0925 e. The molecule has 1 fully saturated rings. The fourth-order valence-corrected chi connectivity index (χ4v) is 3.83. The van der Waals surface area contributed by atoms with Gasteiger partial charge in [-0.05, 0) is 54.2 Å². The summed E-state index contributed by atoms with van der Waals surface area (Å²) in [5.41, 5.74) is 1.93. The molecule has 2 heteroatoms. The Morgan fingerprint density at radius 2 is 1.94 bits per heavy atom. The molecule has 0 N–H and O–H groups in total. The van der Waals surface area contributed by atoms with E-state index in [0.29, 0.717) is 11.3 Å². The third-order valence-corrected chi connectivity index (χ3v) is 5.11. The second-order valence-electron chi connectivity index (χ2n) is 5.98. The molecule has 1 aliphatic carbocycles. The topological polar surface area (TPSA) is 0 Å². The lowest BCUT2D eigenvalue weighted by atomic mass is 9.66. The molecular weight excluding hydrogens is 296 g/mol. The summed E-state index contributed by atoms with van der Waals surface area (Å²) in [7, 11) is 0. The van der Waals surface area contributed by atoms with Gasteiger partial charge in [0, 0.05) is 10.4 Å². The monoisotopic (exact) mass is 314 g/mol. The van der Waals surface area contributed by atoms with Crippen LogP contribution in [0.15, 0.2) is 24.3 Å². The quantitative estimate of drug-likeness (QED) is 0.619. The van der Waals surface area contributed by atoms with Crippen molar-refractivity contribution in [3.63, 3.8) is 0 Å². The zero-order valence-electron chi connectivity index (χ0n) is 10.5. The van der Waals surface area contributed by atoms with Crippen molar-refractivity contribution < 1.29 is 0 Å². The summed E-state index contributed by atoms with van der Waals surface area (Å²) < 4.78 is 0. The van der Waals surface area contributed by atoms with Crippen LogP contribution in [-0.4, -0.2) is 5.33 Å². The van der Waals surface area contributed by atoms with Crippen LogP contribution in [-0.2, 0) is 0 Å². The molecule has 2 atom stereocenters. The Bertz CT molecular complexity index is 369. The molecule has 2 rings (SSSR count). The van der Waals surface area contributed by atoms with Gasteiger partial charge in [-0.1, -0.05) is 53.5 Å². The molecule has 0 amide bonds. The van der Waals surface area contributed by atoms with Gasteiger partial charge >= 0.3 is 0 Å². The third-order valence-electron chi connectivity index (χ3n) is 4.03. The standard InChI is InChI=1S/C15H20BrCl/c1-15(2)8-7-12(10-16)14(9-15)11-3-5-13(17)6-4-11/h3-6,12,14H,7-10H2,1-2H3. The molecule has 0 radical (unpaired) electrons. The molecule has 17 heavy (non-hydrogen) atoms. The molecule has 1 saturated carbocycles. The van der Waals surface area contributed by atoms with Gasteiger partial charge in [0.15, 0.2) is 0 Å². The van der Waals surface area contributed by atoms with Gasteiger partial charge in [-0.25, -0.2) is 0 Å². The summed E-state index contributed by atoms with van der Waals surface area (Å²) in [4.78, 5) is 0. The summed E-state index contributed by atoms with van der Waals surface area (Å²) in [6.07, 6.45) is 3.95. The van der Waals surface area contributed by atoms with Crippen LogP contribution in [0, 0.1) is 11.3 Å². The summed E-state index contributed by atoms with van der Waals surface area (Å²) in [6.45, 7) is 4.78. The number of hydrogen-bond acceptors (Lipinski definition) is 0. The van der Waals surface area contributed by atoms with Crippen molar-refractivity contribution in [1.29, 1.82) is 0 Å². The zero-order valence-corrected chi connectivity index (χ0v) is 12.9.